The fourth-order valence-corrected chi connectivity index (χ4v) is 2.66. The van der Waals surface area contributed by atoms with Crippen LogP contribution in [-0.2, 0) is 9.47 Å². The molecule has 2 aromatic carbocycles. The number of anilines is 2. The van der Waals surface area contributed by atoms with Crippen molar-refractivity contribution in [3.05, 3.63) is 60.7 Å². The van der Waals surface area contributed by atoms with Crippen LogP contribution in [0.5, 0.6) is 0 Å². The van der Waals surface area contributed by atoms with Crippen molar-refractivity contribution in [2.45, 2.75) is 32.3 Å². The minimum Gasteiger partial charge on any atom is -0.383 e. The first-order valence-corrected chi connectivity index (χ1v) is 9.65. The monoisotopic (exact) mass is 356 g/mol. The van der Waals surface area contributed by atoms with Crippen LogP contribution >= 0.6 is 0 Å². The van der Waals surface area contributed by atoms with E-state index in [9.17, 15) is 0 Å². The highest BCUT2D eigenvalue weighted by Crippen LogP contribution is 2.08. The quantitative estimate of drug-likeness (QED) is 0.477. The first kappa shape index (κ1) is 20.3. The van der Waals surface area contributed by atoms with E-state index < -0.39 is 0 Å². The van der Waals surface area contributed by atoms with Gasteiger partial charge in [0.15, 0.2) is 0 Å². The molecule has 1 unspecified atom stereocenters. The first-order chi connectivity index (χ1) is 12.9. The Morgan fingerprint density at radius 3 is 1.96 bits per heavy atom. The van der Waals surface area contributed by atoms with Crippen LogP contribution in [0.3, 0.4) is 0 Å². The molecule has 0 bridgehead atoms. The average Bonchev–Trinajstić information content (AvgIpc) is 2.70. The summed E-state index contributed by atoms with van der Waals surface area (Å²) in [6.07, 6.45) is 3.57. The molecule has 0 saturated carbocycles. The van der Waals surface area contributed by atoms with Crippen LogP contribution < -0.4 is 10.6 Å². The zero-order chi connectivity index (χ0) is 18.3. The van der Waals surface area contributed by atoms with E-state index in [-0.39, 0.29) is 6.10 Å². The summed E-state index contributed by atoms with van der Waals surface area (Å²) in [5.41, 5.74) is 2.26. The Kier molecular flexibility index (Phi) is 10.3. The molecule has 0 aromatic heterocycles. The van der Waals surface area contributed by atoms with Gasteiger partial charge in [0.05, 0.1) is 25.9 Å². The zero-order valence-electron chi connectivity index (χ0n) is 15.8. The molecule has 0 heterocycles. The number of unbranched alkanes of at least 4 members (excludes halogenated alkanes) is 1. The van der Waals surface area contributed by atoms with Gasteiger partial charge in [-0.15, -0.1) is 0 Å². The molecule has 0 saturated heterocycles. The third kappa shape index (κ3) is 8.88. The van der Waals surface area contributed by atoms with Crippen molar-refractivity contribution in [2.24, 2.45) is 0 Å². The van der Waals surface area contributed by atoms with Crippen LogP contribution in [0.1, 0.15) is 26.2 Å². The fourth-order valence-electron chi connectivity index (χ4n) is 2.66. The second-order valence-electron chi connectivity index (χ2n) is 6.30. The van der Waals surface area contributed by atoms with E-state index in [0.717, 1.165) is 30.9 Å². The van der Waals surface area contributed by atoms with Gasteiger partial charge in [0.1, 0.15) is 0 Å². The summed E-state index contributed by atoms with van der Waals surface area (Å²) >= 11 is 0. The first-order valence-electron chi connectivity index (χ1n) is 9.65. The molecule has 142 valence electrons. The molecule has 0 fully saturated rings. The predicted octanol–water partition coefficient (Wildman–Crippen LogP) is 4.80. The Hall–Kier alpha value is -2.04. The molecular weight excluding hydrogens is 324 g/mol. The van der Waals surface area contributed by atoms with E-state index >= 15 is 0 Å². The summed E-state index contributed by atoms with van der Waals surface area (Å²) in [4.78, 5) is 0. The molecule has 0 aliphatic rings. The number of hydrogen-bond donors (Lipinski definition) is 2. The summed E-state index contributed by atoms with van der Waals surface area (Å²) in [5.74, 6) is 0. The van der Waals surface area contributed by atoms with Gasteiger partial charge in [0.25, 0.3) is 0 Å². The van der Waals surface area contributed by atoms with Crippen molar-refractivity contribution in [2.75, 3.05) is 43.5 Å². The Balaban J connectivity index is 1.58. The maximum atomic E-state index is 6.02. The Morgan fingerprint density at radius 1 is 0.808 bits per heavy atom. The third-order valence-corrected chi connectivity index (χ3v) is 4.09. The number of para-hydroxylation sites is 2. The number of rotatable bonds is 14. The van der Waals surface area contributed by atoms with Gasteiger partial charge in [0, 0.05) is 24.5 Å². The summed E-state index contributed by atoms with van der Waals surface area (Å²) < 4.78 is 11.8. The molecule has 2 N–H and O–H groups in total. The minimum absolute atomic E-state index is 0.171. The van der Waals surface area contributed by atoms with Crippen molar-refractivity contribution in [1.82, 2.24) is 0 Å². The Labute approximate surface area is 157 Å². The van der Waals surface area contributed by atoms with Crippen LogP contribution in [0, 0.1) is 0 Å². The molecule has 0 aliphatic heterocycles. The number of hydrogen-bond acceptors (Lipinski definition) is 4. The van der Waals surface area contributed by atoms with Crippen LogP contribution in [0.2, 0.25) is 0 Å². The second kappa shape index (κ2) is 13.2. The van der Waals surface area contributed by atoms with E-state index in [1.165, 1.54) is 12.8 Å². The Morgan fingerprint density at radius 2 is 1.38 bits per heavy atom. The molecule has 0 radical (unpaired) electrons. The van der Waals surface area contributed by atoms with E-state index in [2.05, 4.69) is 41.8 Å². The van der Waals surface area contributed by atoms with Gasteiger partial charge in [-0.3, -0.25) is 0 Å². The van der Waals surface area contributed by atoms with Gasteiger partial charge in [-0.2, -0.15) is 0 Å². The number of nitrogens with one attached hydrogen (secondary N) is 2. The highest BCUT2D eigenvalue weighted by Gasteiger charge is 2.09. The summed E-state index contributed by atoms with van der Waals surface area (Å²) in [6, 6.07) is 20.4. The average molecular weight is 357 g/mol. The molecule has 0 aliphatic carbocycles. The van der Waals surface area contributed by atoms with Crippen molar-refractivity contribution in [1.29, 1.82) is 0 Å². The van der Waals surface area contributed by atoms with Crippen molar-refractivity contribution >= 4 is 11.4 Å². The van der Waals surface area contributed by atoms with Crippen LogP contribution in [0.4, 0.5) is 11.4 Å². The highest BCUT2D eigenvalue weighted by atomic mass is 16.5. The lowest BCUT2D eigenvalue weighted by Crippen LogP contribution is -2.24. The predicted molar refractivity (Wildman–Crippen MR) is 110 cm³/mol. The topological polar surface area (TPSA) is 42.5 Å². The standard InChI is InChI=1S/C22H32N2O2/c1-2-3-14-22(26-18-16-24-21-12-8-5-9-13-21)19-25-17-15-23-20-10-6-4-7-11-20/h4-13,22-24H,2-3,14-19H2,1H3. The number of benzene rings is 2. The summed E-state index contributed by atoms with van der Waals surface area (Å²) in [7, 11) is 0. The maximum absolute atomic E-state index is 6.02. The van der Waals surface area contributed by atoms with E-state index in [1.54, 1.807) is 0 Å². The normalized spacial score (nSPS) is 11.9. The van der Waals surface area contributed by atoms with Crippen LogP contribution in [0.15, 0.2) is 60.7 Å². The highest BCUT2D eigenvalue weighted by molar-refractivity contribution is 5.42. The van der Waals surface area contributed by atoms with Gasteiger partial charge in [0.2, 0.25) is 0 Å². The van der Waals surface area contributed by atoms with E-state index in [1.807, 2.05) is 36.4 Å². The van der Waals surface area contributed by atoms with Gasteiger partial charge in [-0.25, -0.2) is 0 Å². The lowest BCUT2D eigenvalue weighted by Gasteiger charge is -2.18. The van der Waals surface area contributed by atoms with Crippen molar-refractivity contribution < 1.29 is 9.47 Å². The Bertz CT molecular complexity index is 563. The van der Waals surface area contributed by atoms with Crippen molar-refractivity contribution in [3.63, 3.8) is 0 Å². The SMILES string of the molecule is CCCCC(COCCNc1ccccc1)OCCNc1ccccc1. The number of ether oxygens (including phenoxy) is 2. The van der Waals surface area contributed by atoms with Gasteiger partial charge in [-0.1, -0.05) is 56.2 Å². The van der Waals surface area contributed by atoms with Crippen molar-refractivity contribution in [3.8, 4) is 0 Å². The van der Waals surface area contributed by atoms with Crippen LogP contribution in [0.25, 0.3) is 0 Å². The van der Waals surface area contributed by atoms with Gasteiger partial charge in [-0.05, 0) is 30.7 Å². The molecule has 1 atom stereocenters. The largest absolute Gasteiger partial charge is 0.383 e. The molecule has 26 heavy (non-hydrogen) atoms. The van der Waals surface area contributed by atoms with E-state index in [4.69, 9.17) is 9.47 Å². The molecule has 0 amide bonds. The molecule has 2 aromatic rings. The molecular formula is C22H32N2O2. The smallest absolute Gasteiger partial charge is 0.0809 e. The summed E-state index contributed by atoms with van der Waals surface area (Å²) in [6.45, 7) is 5.85. The second-order valence-corrected chi connectivity index (χ2v) is 6.30. The zero-order valence-corrected chi connectivity index (χ0v) is 15.8. The maximum Gasteiger partial charge on any atom is 0.0809 e. The minimum atomic E-state index is 0.171. The lowest BCUT2D eigenvalue weighted by molar-refractivity contribution is -0.0152. The van der Waals surface area contributed by atoms with Gasteiger partial charge < -0.3 is 20.1 Å². The lowest BCUT2D eigenvalue weighted by atomic mass is 10.2. The third-order valence-electron chi connectivity index (χ3n) is 4.09. The molecule has 0 spiro atoms. The molecule has 2 rings (SSSR count). The fraction of sp³-hybridized carbons (Fsp3) is 0.455. The van der Waals surface area contributed by atoms with Gasteiger partial charge >= 0.3 is 0 Å². The molecule has 4 heteroatoms. The van der Waals surface area contributed by atoms with Crippen LogP contribution in [-0.4, -0.2) is 39.0 Å². The molecule has 4 nitrogen and oxygen atoms in total. The summed E-state index contributed by atoms with van der Waals surface area (Å²) in [5, 5.41) is 6.73. The van der Waals surface area contributed by atoms with E-state index in [0.29, 0.717) is 19.8 Å².